The number of hydrogen-bond acceptors (Lipinski definition) is 8. The van der Waals surface area contributed by atoms with Crippen LogP contribution in [0.15, 0.2) is 23.8 Å². The smallest absolute Gasteiger partial charge is 0.334 e. The summed E-state index contributed by atoms with van der Waals surface area (Å²) in [6, 6.07) is 0. The molecule has 0 amide bonds. The minimum absolute atomic E-state index is 0.0789. The standard InChI is InChI=1S/C21H28O8/c1-6-9(2)19(25)28-14-8-15(27-11(4)22)21(5)12(14)7-13(23)17-16(18(21)24)10(3)20(26)29-17/h6,12-18,23-24H,3,7-8H2,1-2,4-5H3. The quantitative estimate of drug-likeness (QED) is 0.404. The lowest BCUT2D eigenvalue weighted by atomic mass is 9.69. The molecule has 8 atom stereocenters. The molecule has 0 spiro atoms. The van der Waals surface area contributed by atoms with E-state index in [0.717, 1.165) is 0 Å². The Kier molecular flexibility index (Phi) is 5.62. The monoisotopic (exact) mass is 408 g/mol. The van der Waals surface area contributed by atoms with Gasteiger partial charge in [-0.05, 0) is 20.3 Å². The fourth-order valence-corrected chi connectivity index (χ4v) is 5.01. The van der Waals surface area contributed by atoms with Gasteiger partial charge in [0.05, 0.1) is 18.1 Å². The van der Waals surface area contributed by atoms with Crippen LogP contribution in [0.5, 0.6) is 0 Å². The average Bonchev–Trinajstić information content (AvgIpc) is 3.06. The lowest BCUT2D eigenvalue weighted by Crippen LogP contribution is -2.49. The molecule has 2 aliphatic carbocycles. The Morgan fingerprint density at radius 2 is 1.90 bits per heavy atom. The van der Waals surface area contributed by atoms with Crippen LogP contribution in [0.4, 0.5) is 0 Å². The molecule has 1 saturated heterocycles. The van der Waals surface area contributed by atoms with Crippen LogP contribution in [-0.2, 0) is 28.6 Å². The average molecular weight is 408 g/mol. The Hall–Kier alpha value is -2.19. The number of rotatable bonds is 3. The fraction of sp³-hybridized carbons (Fsp3) is 0.667. The number of aliphatic hydroxyl groups excluding tert-OH is 2. The largest absolute Gasteiger partial charge is 0.462 e. The number of fused-ring (bicyclic) bond motifs is 2. The molecule has 2 N–H and O–H groups in total. The Balaban J connectivity index is 2.02. The summed E-state index contributed by atoms with van der Waals surface area (Å²) in [6.07, 6.45) is -2.73. The first-order valence-corrected chi connectivity index (χ1v) is 9.79. The van der Waals surface area contributed by atoms with Crippen LogP contribution in [0.3, 0.4) is 0 Å². The number of allylic oxidation sites excluding steroid dienone is 1. The fourth-order valence-electron chi connectivity index (χ4n) is 5.01. The molecule has 1 heterocycles. The SMILES string of the molecule is C=C1C(=O)OC2C(O)CC3C(OC(=O)C(C)=CC)CC(OC(C)=O)C3(C)C(O)C12. The van der Waals surface area contributed by atoms with Gasteiger partial charge in [-0.15, -0.1) is 0 Å². The van der Waals surface area contributed by atoms with Gasteiger partial charge in [0.2, 0.25) is 0 Å². The van der Waals surface area contributed by atoms with E-state index in [9.17, 15) is 24.6 Å². The van der Waals surface area contributed by atoms with E-state index in [0.29, 0.717) is 5.57 Å². The predicted octanol–water partition coefficient (Wildman–Crippen LogP) is 1.05. The molecule has 8 heteroatoms. The number of carbonyl (C=O) groups is 3. The molecule has 0 aromatic carbocycles. The third-order valence-electron chi connectivity index (χ3n) is 6.82. The van der Waals surface area contributed by atoms with Gasteiger partial charge in [0.1, 0.15) is 18.3 Å². The minimum atomic E-state index is -1.19. The summed E-state index contributed by atoms with van der Waals surface area (Å²) in [7, 11) is 0. The van der Waals surface area contributed by atoms with Gasteiger partial charge in [-0.3, -0.25) is 4.79 Å². The maximum atomic E-state index is 12.4. The van der Waals surface area contributed by atoms with Gasteiger partial charge in [-0.1, -0.05) is 19.6 Å². The summed E-state index contributed by atoms with van der Waals surface area (Å²) in [6.45, 7) is 10.1. The van der Waals surface area contributed by atoms with Crippen molar-refractivity contribution in [2.24, 2.45) is 17.3 Å². The second-order valence-corrected chi connectivity index (χ2v) is 8.39. The minimum Gasteiger partial charge on any atom is -0.462 e. The van der Waals surface area contributed by atoms with Crippen LogP contribution < -0.4 is 0 Å². The van der Waals surface area contributed by atoms with Gasteiger partial charge in [-0.25, -0.2) is 9.59 Å². The normalized spacial score (nSPS) is 41.9. The number of hydrogen-bond donors (Lipinski definition) is 2. The number of carbonyl (C=O) groups excluding carboxylic acids is 3. The Morgan fingerprint density at radius 1 is 1.24 bits per heavy atom. The van der Waals surface area contributed by atoms with E-state index < -0.39 is 65.7 Å². The highest BCUT2D eigenvalue weighted by atomic mass is 16.6. The summed E-state index contributed by atoms with van der Waals surface area (Å²) < 4.78 is 16.5. The molecule has 8 unspecified atom stereocenters. The number of esters is 3. The van der Waals surface area contributed by atoms with Crippen molar-refractivity contribution in [1.29, 1.82) is 0 Å². The van der Waals surface area contributed by atoms with E-state index in [1.54, 1.807) is 26.8 Å². The number of aliphatic hydroxyl groups is 2. The van der Waals surface area contributed by atoms with Crippen LogP contribution in [0.1, 0.15) is 40.5 Å². The molecule has 3 rings (SSSR count). The first kappa shape index (κ1) is 21.5. The van der Waals surface area contributed by atoms with Crippen molar-refractivity contribution in [3.05, 3.63) is 23.8 Å². The van der Waals surface area contributed by atoms with Gasteiger partial charge in [0.15, 0.2) is 0 Å². The van der Waals surface area contributed by atoms with E-state index in [1.807, 2.05) is 0 Å². The molecular weight excluding hydrogens is 380 g/mol. The summed E-state index contributed by atoms with van der Waals surface area (Å²) in [4.78, 5) is 36.1. The molecule has 0 aromatic rings. The summed E-state index contributed by atoms with van der Waals surface area (Å²) in [5, 5.41) is 22.1. The second-order valence-electron chi connectivity index (χ2n) is 8.39. The third-order valence-corrected chi connectivity index (χ3v) is 6.82. The zero-order chi connectivity index (χ0) is 21.7. The molecule has 0 bridgehead atoms. The first-order valence-electron chi connectivity index (χ1n) is 9.79. The Labute approximate surface area is 169 Å². The molecule has 3 aliphatic rings. The van der Waals surface area contributed by atoms with Crippen molar-refractivity contribution < 1.29 is 38.8 Å². The van der Waals surface area contributed by atoms with Crippen LogP contribution >= 0.6 is 0 Å². The molecule has 0 aromatic heterocycles. The Morgan fingerprint density at radius 3 is 2.48 bits per heavy atom. The molecular formula is C21H28O8. The zero-order valence-corrected chi connectivity index (χ0v) is 17.1. The van der Waals surface area contributed by atoms with Crippen molar-refractivity contribution >= 4 is 17.9 Å². The number of ether oxygens (including phenoxy) is 3. The maximum absolute atomic E-state index is 12.4. The van der Waals surface area contributed by atoms with E-state index in [-0.39, 0.29) is 18.4 Å². The third kappa shape index (κ3) is 3.38. The highest BCUT2D eigenvalue weighted by Gasteiger charge is 2.66. The molecule has 2 saturated carbocycles. The summed E-state index contributed by atoms with van der Waals surface area (Å²) >= 11 is 0. The zero-order valence-electron chi connectivity index (χ0n) is 17.1. The lowest BCUT2D eigenvalue weighted by Gasteiger charge is -2.41. The predicted molar refractivity (Wildman–Crippen MR) is 100 cm³/mol. The van der Waals surface area contributed by atoms with Gasteiger partial charge in [0, 0.05) is 35.8 Å². The van der Waals surface area contributed by atoms with Gasteiger partial charge >= 0.3 is 17.9 Å². The van der Waals surface area contributed by atoms with Crippen molar-refractivity contribution in [2.45, 2.75) is 71.1 Å². The van der Waals surface area contributed by atoms with Crippen LogP contribution in [-0.4, -0.2) is 58.6 Å². The first-order chi connectivity index (χ1) is 13.5. The van der Waals surface area contributed by atoms with E-state index in [4.69, 9.17) is 14.2 Å². The van der Waals surface area contributed by atoms with Crippen molar-refractivity contribution in [2.75, 3.05) is 0 Å². The van der Waals surface area contributed by atoms with Gasteiger partial charge in [-0.2, -0.15) is 0 Å². The maximum Gasteiger partial charge on any atom is 0.334 e. The van der Waals surface area contributed by atoms with Crippen molar-refractivity contribution in [3.63, 3.8) is 0 Å². The highest BCUT2D eigenvalue weighted by Crippen LogP contribution is 2.57. The van der Waals surface area contributed by atoms with Crippen LogP contribution in [0, 0.1) is 17.3 Å². The van der Waals surface area contributed by atoms with Crippen molar-refractivity contribution in [1.82, 2.24) is 0 Å². The molecule has 0 radical (unpaired) electrons. The summed E-state index contributed by atoms with van der Waals surface area (Å²) in [5.74, 6) is -3.04. The molecule has 29 heavy (non-hydrogen) atoms. The molecule has 160 valence electrons. The van der Waals surface area contributed by atoms with E-state index >= 15 is 0 Å². The highest BCUT2D eigenvalue weighted by molar-refractivity contribution is 5.91. The topological polar surface area (TPSA) is 119 Å². The molecule has 8 nitrogen and oxygen atoms in total. The van der Waals surface area contributed by atoms with Crippen molar-refractivity contribution in [3.8, 4) is 0 Å². The Bertz CT molecular complexity index is 771. The van der Waals surface area contributed by atoms with Gasteiger partial charge < -0.3 is 24.4 Å². The lowest BCUT2D eigenvalue weighted by molar-refractivity contribution is -0.161. The molecule has 1 aliphatic heterocycles. The summed E-state index contributed by atoms with van der Waals surface area (Å²) in [5.41, 5.74) is -0.565. The van der Waals surface area contributed by atoms with E-state index in [2.05, 4.69) is 6.58 Å². The van der Waals surface area contributed by atoms with E-state index in [1.165, 1.54) is 6.92 Å². The molecule has 3 fully saturated rings. The van der Waals surface area contributed by atoms with Crippen LogP contribution in [0.2, 0.25) is 0 Å². The second kappa shape index (κ2) is 7.57. The van der Waals surface area contributed by atoms with Crippen LogP contribution in [0.25, 0.3) is 0 Å². The van der Waals surface area contributed by atoms with Gasteiger partial charge in [0.25, 0.3) is 0 Å².